The first-order valence-electron chi connectivity index (χ1n) is 10.4. The smallest absolute Gasteiger partial charge is 0.237 e. The molecule has 2 atom stereocenters. The van der Waals surface area contributed by atoms with Gasteiger partial charge in [0.1, 0.15) is 0 Å². The van der Waals surface area contributed by atoms with Gasteiger partial charge in [-0.25, -0.2) is 0 Å². The summed E-state index contributed by atoms with van der Waals surface area (Å²) in [6.45, 7) is 12.3. The Morgan fingerprint density at radius 2 is 1.82 bits per heavy atom. The van der Waals surface area contributed by atoms with Gasteiger partial charge in [0.15, 0.2) is 5.76 Å². The van der Waals surface area contributed by atoms with Crippen LogP contribution in [0.2, 0.25) is 0 Å². The molecule has 0 bridgehead atoms. The number of carbonyl (C=O) groups is 1. The summed E-state index contributed by atoms with van der Waals surface area (Å²) in [5, 5.41) is 7.52. The van der Waals surface area contributed by atoms with E-state index in [1.807, 2.05) is 18.2 Å². The summed E-state index contributed by atoms with van der Waals surface area (Å²) in [7, 11) is 0. The number of benzene rings is 1. The van der Waals surface area contributed by atoms with Gasteiger partial charge in [-0.15, -0.1) is 0 Å². The lowest BCUT2D eigenvalue weighted by atomic mass is 9.95. The van der Waals surface area contributed by atoms with Gasteiger partial charge in [-0.05, 0) is 31.6 Å². The third kappa shape index (κ3) is 5.22. The van der Waals surface area contributed by atoms with Gasteiger partial charge >= 0.3 is 0 Å². The number of rotatable bonds is 7. The van der Waals surface area contributed by atoms with Gasteiger partial charge in [-0.1, -0.05) is 62.7 Å². The zero-order valence-electron chi connectivity index (χ0n) is 17.7. The number of nitrogens with zero attached hydrogens (tertiary/aromatic N) is 2. The van der Waals surface area contributed by atoms with Crippen molar-refractivity contribution in [3.8, 4) is 11.3 Å². The van der Waals surface area contributed by atoms with Crippen molar-refractivity contribution in [3.05, 3.63) is 41.6 Å². The van der Waals surface area contributed by atoms with E-state index in [1.165, 1.54) is 5.56 Å². The van der Waals surface area contributed by atoms with Gasteiger partial charge < -0.3 is 9.84 Å². The summed E-state index contributed by atoms with van der Waals surface area (Å²) < 4.78 is 5.59. The molecule has 0 radical (unpaired) electrons. The van der Waals surface area contributed by atoms with Gasteiger partial charge in [0, 0.05) is 30.8 Å². The lowest BCUT2D eigenvalue weighted by Gasteiger charge is -2.40. The highest BCUT2D eigenvalue weighted by molar-refractivity contribution is 5.82. The number of aromatic nitrogens is 1. The van der Waals surface area contributed by atoms with Crippen molar-refractivity contribution >= 4 is 5.91 Å². The average Bonchev–Trinajstić information content (AvgIpc) is 3.06. The number of hydrogen-bond acceptors (Lipinski definition) is 4. The highest BCUT2D eigenvalue weighted by Crippen LogP contribution is 2.24. The first kappa shape index (κ1) is 20.6. The van der Waals surface area contributed by atoms with E-state index in [4.69, 9.17) is 4.52 Å². The number of aryl methyl sites for hydroxylation is 1. The second-order valence-electron chi connectivity index (χ2n) is 8.96. The SMILES string of the molecule is Cc1ccc(-c2cc(CN3C[C@H](CC(C)C)NC(=O)[C@@H]3CC(C)C)no2)cc1. The second-order valence-corrected chi connectivity index (χ2v) is 8.96. The van der Waals surface area contributed by atoms with Crippen molar-refractivity contribution in [3.63, 3.8) is 0 Å². The fourth-order valence-electron chi connectivity index (χ4n) is 3.95. The largest absolute Gasteiger partial charge is 0.356 e. The van der Waals surface area contributed by atoms with Gasteiger partial charge in [-0.3, -0.25) is 9.69 Å². The normalized spacial score (nSPS) is 20.8. The quantitative estimate of drug-likeness (QED) is 0.769. The second kappa shape index (κ2) is 8.91. The average molecular weight is 384 g/mol. The van der Waals surface area contributed by atoms with Gasteiger partial charge in [-0.2, -0.15) is 0 Å². The maximum atomic E-state index is 12.8. The molecule has 1 aromatic heterocycles. The van der Waals surface area contributed by atoms with Gasteiger partial charge in [0.05, 0.1) is 11.7 Å². The minimum atomic E-state index is -0.108. The number of piperazine rings is 1. The molecule has 1 saturated heterocycles. The molecule has 0 aliphatic carbocycles. The molecule has 5 nitrogen and oxygen atoms in total. The monoisotopic (exact) mass is 383 g/mol. The summed E-state index contributed by atoms with van der Waals surface area (Å²) in [5.74, 6) is 1.93. The minimum Gasteiger partial charge on any atom is -0.356 e. The van der Waals surface area contributed by atoms with Crippen LogP contribution in [-0.4, -0.2) is 34.6 Å². The van der Waals surface area contributed by atoms with E-state index < -0.39 is 0 Å². The summed E-state index contributed by atoms with van der Waals surface area (Å²) in [6.07, 6.45) is 1.84. The van der Waals surface area contributed by atoms with Crippen molar-refractivity contribution in [2.75, 3.05) is 6.54 Å². The molecule has 1 aromatic carbocycles. The topological polar surface area (TPSA) is 58.4 Å². The minimum absolute atomic E-state index is 0.108. The molecule has 0 saturated carbocycles. The Kier molecular flexibility index (Phi) is 6.55. The number of hydrogen-bond donors (Lipinski definition) is 1. The van der Waals surface area contributed by atoms with Crippen molar-refractivity contribution in [1.82, 2.24) is 15.4 Å². The first-order chi connectivity index (χ1) is 13.3. The van der Waals surface area contributed by atoms with E-state index in [2.05, 4.69) is 62.1 Å². The van der Waals surface area contributed by atoms with E-state index in [0.717, 1.165) is 36.4 Å². The fraction of sp³-hybridized carbons (Fsp3) is 0.565. The van der Waals surface area contributed by atoms with Crippen LogP contribution in [0.1, 0.15) is 51.8 Å². The standard InChI is InChI=1S/C23H33N3O2/c1-15(2)10-19-13-26(21(11-16(3)4)23(27)24-19)14-20-12-22(28-25-20)18-8-6-17(5)7-9-18/h6-9,12,15-16,19,21H,10-11,13-14H2,1-5H3,(H,24,27)/t19-,21-/m0/s1. The Hall–Kier alpha value is -2.14. The Morgan fingerprint density at radius 3 is 2.46 bits per heavy atom. The third-order valence-electron chi connectivity index (χ3n) is 5.26. The van der Waals surface area contributed by atoms with E-state index in [-0.39, 0.29) is 18.0 Å². The van der Waals surface area contributed by atoms with Crippen LogP contribution in [0.3, 0.4) is 0 Å². The molecular formula is C23H33N3O2. The molecule has 152 valence electrons. The zero-order chi connectivity index (χ0) is 20.3. The number of amides is 1. The van der Waals surface area contributed by atoms with Crippen LogP contribution in [0.4, 0.5) is 0 Å². The Labute approximate surface area is 168 Å². The molecule has 1 aliphatic heterocycles. The summed E-state index contributed by atoms with van der Waals surface area (Å²) in [4.78, 5) is 15.1. The molecule has 1 fully saturated rings. The number of nitrogens with one attached hydrogen (secondary N) is 1. The molecule has 3 rings (SSSR count). The molecule has 2 heterocycles. The predicted molar refractivity (Wildman–Crippen MR) is 112 cm³/mol. The Morgan fingerprint density at radius 1 is 1.14 bits per heavy atom. The van der Waals surface area contributed by atoms with E-state index in [1.54, 1.807) is 0 Å². The van der Waals surface area contributed by atoms with Crippen LogP contribution in [0.5, 0.6) is 0 Å². The van der Waals surface area contributed by atoms with Crippen LogP contribution >= 0.6 is 0 Å². The van der Waals surface area contributed by atoms with E-state index >= 15 is 0 Å². The van der Waals surface area contributed by atoms with Crippen molar-refractivity contribution in [1.29, 1.82) is 0 Å². The third-order valence-corrected chi connectivity index (χ3v) is 5.26. The lowest BCUT2D eigenvalue weighted by molar-refractivity contribution is -0.132. The molecule has 5 heteroatoms. The molecular weight excluding hydrogens is 350 g/mol. The molecule has 1 aliphatic rings. The zero-order valence-corrected chi connectivity index (χ0v) is 17.7. The molecule has 28 heavy (non-hydrogen) atoms. The van der Waals surface area contributed by atoms with Crippen LogP contribution in [0, 0.1) is 18.8 Å². The first-order valence-corrected chi connectivity index (χ1v) is 10.4. The molecule has 1 N–H and O–H groups in total. The summed E-state index contributed by atoms with van der Waals surface area (Å²) >= 11 is 0. The van der Waals surface area contributed by atoms with E-state index in [9.17, 15) is 4.79 Å². The summed E-state index contributed by atoms with van der Waals surface area (Å²) in [5.41, 5.74) is 3.12. The number of carbonyl (C=O) groups excluding carboxylic acids is 1. The fourth-order valence-corrected chi connectivity index (χ4v) is 3.95. The van der Waals surface area contributed by atoms with Crippen LogP contribution in [-0.2, 0) is 11.3 Å². The maximum Gasteiger partial charge on any atom is 0.237 e. The van der Waals surface area contributed by atoms with Crippen LogP contribution in [0.15, 0.2) is 34.9 Å². The molecule has 2 aromatic rings. The van der Waals surface area contributed by atoms with Gasteiger partial charge in [0.25, 0.3) is 0 Å². The molecule has 1 amide bonds. The van der Waals surface area contributed by atoms with Crippen molar-refractivity contribution in [2.45, 2.75) is 66.1 Å². The molecule has 0 spiro atoms. The summed E-state index contributed by atoms with van der Waals surface area (Å²) in [6, 6.07) is 10.3. The van der Waals surface area contributed by atoms with Crippen LogP contribution in [0.25, 0.3) is 11.3 Å². The van der Waals surface area contributed by atoms with Crippen LogP contribution < -0.4 is 5.32 Å². The Balaban J connectivity index is 1.76. The van der Waals surface area contributed by atoms with Crippen molar-refractivity contribution in [2.24, 2.45) is 11.8 Å². The highest BCUT2D eigenvalue weighted by atomic mass is 16.5. The molecule has 0 unspecified atom stereocenters. The van der Waals surface area contributed by atoms with Gasteiger partial charge in [0.2, 0.25) is 5.91 Å². The Bertz CT molecular complexity index is 779. The predicted octanol–water partition coefficient (Wildman–Crippen LogP) is 4.41. The maximum absolute atomic E-state index is 12.8. The van der Waals surface area contributed by atoms with Crippen molar-refractivity contribution < 1.29 is 9.32 Å². The van der Waals surface area contributed by atoms with E-state index in [0.29, 0.717) is 18.4 Å². The highest BCUT2D eigenvalue weighted by Gasteiger charge is 2.35. The lowest BCUT2D eigenvalue weighted by Crippen LogP contribution is -2.60.